The highest BCUT2D eigenvalue weighted by Crippen LogP contribution is 2.68. The van der Waals surface area contributed by atoms with Gasteiger partial charge in [-0.15, -0.1) is 0 Å². The van der Waals surface area contributed by atoms with Gasteiger partial charge in [-0.25, -0.2) is 0 Å². The molecule has 0 radical (unpaired) electrons. The Morgan fingerprint density at radius 2 is 2.00 bits per heavy atom. The van der Waals surface area contributed by atoms with E-state index in [1.807, 2.05) is 0 Å². The minimum Gasteiger partial charge on any atom is -0.288 e. The first kappa shape index (κ1) is 10.5. The van der Waals surface area contributed by atoms with Crippen LogP contribution in [0.2, 0.25) is 0 Å². The second kappa shape index (κ2) is 3.01. The summed E-state index contributed by atoms with van der Waals surface area (Å²) in [6.45, 7) is 8.88. The summed E-state index contributed by atoms with van der Waals surface area (Å²) in [5.74, 6) is 0.851. The molecule has 80 valence electrons. The maximum absolute atomic E-state index is 11.2. The van der Waals surface area contributed by atoms with Crippen LogP contribution in [0.3, 0.4) is 0 Å². The molecule has 2 heteroatoms. The molecule has 14 heavy (non-hydrogen) atoms. The molecule has 0 saturated heterocycles. The van der Waals surface area contributed by atoms with Crippen molar-refractivity contribution in [2.45, 2.75) is 52.2 Å². The van der Waals surface area contributed by atoms with E-state index in [0.717, 1.165) is 5.92 Å². The lowest BCUT2D eigenvalue weighted by atomic mass is 9.71. The van der Waals surface area contributed by atoms with Crippen molar-refractivity contribution >= 4 is 16.9 Å². The molecule has 2 aliphatic carbocycles. The van der Waals surface area contributed by atoms with Crippen LogP contribution in [0.4, 0.5) is 0 Å². The van der Waals surface area contributed by atoms with Gasteiger partial charge < -0.3 is 0 Å². The molecule has 2 fully saturated rings. The first-order valence-corrected chi connectivity index (χ1v) is 6.43. The summed E-state index contributed by atoms with van der Waals surface area (Å²) in [4.78, 5) is 11.2. The second-order valence-corrected chi connectivity index (χ2v) is 7.09. The van der Waals surface area contributed by atoms with Crippen molar-refractivity contribution in [1.29, 1.82) is 0 Å². The van der Waals surface area contributed by atoms with Gasteiger partial charge in [0.1, 0.15) is 0 Å². The average molecular weight is 212 g/mol. The Hall–Kier alpha value is 0.0200. The summed E-state index contributed by atoms with van der Waals surface area (Å²) in [5.41, 5.74) is 0.841. The topological polar surface area (TPSA) is 17.1 Å². The summed E-state index contributed by atoms with van der Waals surface area (Å²) < 4.78 is 0. The highest BCUT2D eigenvalue weighted by Gasteiger charge is 2.61. The zero-order valence-corrected chi connectivity index (χ0v) is 10.4. The van der Waals surface area contributed by atoms with Crippen LogP contribution in [-0.4, -0.2) is 10.4 Å². The van der Waals surface area contributed by atoms with Crippen molar-refractivity contribution < 1.29 is 4.79 Å². The summed E-state index contributed by atoms with van der Waals surface area (Å²) >= 11 is 1.59. The summed E-state index contributed by atoms with van der Waals surface area (Å²) in [5, 5.41) is 0.869. The van der Waals surface area contributed by atoms with Gasteiger partial charge in [0.05, 0.1) is 0 Å². The van der Waals surface area contributed by atoms with Crippen LogP contribution < -0.4 is 0 Å². The van der Waals surface area contributed by atoms with Gasteiger partial charge in [0.15, 0.2) is 5.12 Å². The third kappa shape index (κ3) is 1.19. The number of thioether (sulfide) groups is 1. The molecule has 1 unspecified atom stereocenters. The predicted octanol–water partition coefficient (Wildman–Crippen LogP) is 3.48. The van der Waals surface area contributed by atoms with E-state index in [-0.39, 0.29) is 0 Å². The Morgan fingerprint density at radius 1 is 1.36 bits per heavy atom. The van der Waals surface area contributed by atoms with Gasteiger partial charge in [-0.3, -0.25) is 4.79 Å². The number of hydrogen-bond donors (Lipinski definition) is 0. The lowest BCUT2D eigenvalue weighted by Gasteiger charge is -2.38. The van der Waals surface area contributed by atoms with E-state index >= 15 is 0 Å². The Bertz CT molecular complexity index is 271. The van der Waals surface area contributed by atoms with E-state index in [1.54, 1.807) is 18.7 Å². The van der Waals surface area contributed by atoms with E-state index in [2.05, 4.69) is 20.8 Å². The minimum absolute atomic E-state index is 0.291. The fraction of sp³-hybridized carbons (Fsp3) is 0.917. The molecule has 2 saturated carbocycles. The third-order valence-corrected chi connectivity index (χ3v) is 6.35. The predicted molar refractivity (Wildman–Crippen MR) is 61.3 cm³/mol. The van der Waals surface area contributed by atoms with Crippen molar-refractivity contribution in [3.05, 3.63) is 0 Å². The minimum atomic E-state index is 0.291. The smallest absolute Gasteiger partial charge is 0.186 e. The van der Waals surface area contributed by atoms with Crippen LogP contribution in [-0.2, 0) is 4.79 Å². The molecular weight excluding hydrogens is 192 g/mol. The SMILES string of the molecule is CC(=O)SC1C[C@@H]2CC[C@@]1(C)C2(C)C. The van der Waals surface area contributed by atoms with Crippen LogP contribution >= 0.6 is 11.8 Å². The molecule has 0 N–H and O–H groups in total. The number of fused-ring (bicyclic) bond motifs is 2. The Labute approximate surface area is 91.0 Å². The van der Waals surface area contributed by atoms with Gasteiger partial charge in [0.25, 0.3) is 0 Å². The first-order chi connectivity index (χ1) is 6.38. The van der Waals surface area contributed by atoms with Crippen molar-refractivity contribution in [2.24, 2.45) is 16.7 Å². The van der Waals surface area contributed by atoms with Crippen LogP contribution in [0.1, 0.15) is 47.0 Å². The molecule has 0 aliphatic heterocycles. The number of carbonyl (C=O) groups excluding carboxylic acids is 1. The van der Waals surface area contributed by atoms with Gasteiger partial charge in [0.2, 0.25) is 0 Å². The molecule has 0 amide bonds. The normalized spacial score (nSPS) is 44.3. The molecule has 0 aromatic heterocycles. The van der Waals surface area contributed by atoms with E-state index in [9.17, 15) is 4.79 Å². The second-order valence-electron chi connectivity index (χ2n) is 5.71. The Morgan fingerprint density at radius 3 is 2.36 bits per heavy atom. The van der Waals surface area contributed by atoms with Crippen molar-refractivity contribution in [2.75, 3.05) is 0 Å². The number of rotatable bonds is 1. The maximum Gasteiger partial charge on any atom is 0.186 e. The molecule has 3 atom stereocenters. The molecule has 0 aromatic carbocycles. The lowest BCUT2D eigenvalue weighted by molar-refractivity contribution is -0.109. The zero-order valence-electron chi connectivity index (χ0n) is 9.59. The standard InChI is InChI=1S/C12H20OS/c1-8(13)14-10-7-9-5-6-12(10,4)11(9,2)3/h9-10H,5-7H2,1-4H3/t9-,10?,12+/m0/s1. The average Bonchev–Trinajstić information content (AvgIpc) is 2.35. The van der Waals surface area contributed by atoms with Gasteiger partial charge in [0, 0.05) is 12.2 Å². The fourth-order valence-corrected chi connectivity index (χ4v) is 4.92. The maximum atomic E-state index is 11.2. The molecule has 0 spiro atoms. The molecule has 0 aromatic rings. The highest BCUT2D eigenvalue weighted by atomic mass is 32.2. The van der Waals surface area contributed by atoms with Crippen LogP contribution in [0.5, 0.6) is 0 Å². The van der Waals surface area contributed by atoms with Gasteiger partial charge in [-0.1, -0.05) is 32.5 Å². The largest absolute Gasteiger partial charge is 0.288 e. The number of carbonyl (C=O) groups is 1. The third-order valence-electron chi connectivity index (χ3n) is 5.02. The summed E-state index contributed by atoms with van der Waals surface area (Å²) in [6, 6.07) is 0. The van der Waals surface area contributed by atoms with E-state index < -0.39 is 0 Å². The van der Waals surface area contributed by atoms with Crippen molar-refractivity contribution in [3.8, 4) is 0 Å². The molecular formula is C12H20OS. The fourth-order valence-electron chi connectivity index (χ4n) is 3.51. The van der Waals surface area contributed by atoms with Crippen LogP contribution in [0.15, 0.2) is 0 Å². The van der Waals surface area contributed by atoms with Crippen LogP contribution in [0, 0.1) is 16.7 Å². The summed E-state index contributed by atoms with van der Waals surface area (Å²) in [7, 11) is 0. The van der Waals surface area contributed by atoms with E-state index in [4.69, 9.17) is 0 Å². The lowest BCUT2D eigenvalue weighted by Crippen LogP contribution is -2.34. The van der Waals surface area contributed by atoms with Crippen molar-refractivity contribution in [1.82, 2.24) is 0 Å². The van der Waals surface area contributed by atoms with Gasteiger partial charge in [-0.2, -0.15) is 0 Å². The molecule has 2 bridgehead atoms. The quantitative estimate of drug-likeness (QED) is 0.662. The van der Waals surface area contributed by atoms with E-state index in [0.29, 0.717) is 21.2 Å². The van der Waals surface area contributed by atoms with Crippen LogP contribution in [0.25, 0.3) is 0 Å². The van der Waals surface area contributed by atoms with E-state index in [1.165, 1.54) is 19.3 Å². The molecule has 0 heterocycles. The number of hydrogen-bond acceptors (Lipinski definition) is 2. The summed E-state index contributed by atoms with van der Waals surface area (Å²) in [6.07, 6.45) is 3.95. The zero-order chi connectivity index (χ0) is 10.6. The Kier molecular flexibility index (Phi) is 2.26. The molecule has 1 nitrogen and oxygen atoms in total. The molecule has 2 aliphatic rings. The Balaban J connectivity index is 2.23. The monoisotopic (exact) mass is 212 g/mol. The molecule has 2 rings (SSSR count). The van der Waals surface area contributed by atoms with Gasteiger partial charge in [-0.05, 0) is 36.0 Å². The first-order valence-electron chi connectivity index (χ1n) is 5.55. The van der Waals surface area contributed by atoms with Crippen molar-refractivity contribution in [3.63, 3.8) is 0 Å². The van der Waals surface area contributed by atoms with Gasteiger partial charge >= 0.3 is 0 Å². The highest BCUT2D eigenvalue weighted by molar-refractivity contribution is 8.14.